The van der Waals surface area contributed by atoms with E-state index in [9.17, 15) is 22.0 Å². The summed E-state index contributed by atoms with van der Waals surface area (Å²) in [6.45, 7) is 0. The molecule has 0 aliphatic rings. The van der Waals surface area contributed by atoms with Gasteiger partial charge in [-0.05, 0) is 28.7 Å². The number of nitriles is 1. The van der Waals surface area contributed by atoms with Crippen LogP contribution in [0.15, 0.2) is 6.07 Å². The van der Waals surface area contributed by atoms with E-state index in [0.29, 0.717) is 0 Å². The molecule has 1 aromatic rings. The summed E-state index contributed by atoms with van der Waals surface area (Å²) in [6.07, 6.45) is -8.39. The van der Waals surface area contributed by atoms with Crippen molar-refractivity contribution in [2.24, 2.45) is 0 Å². The first-order chi connectivity index (χ1) is 8.24. The fraction of sp³-hybridized carbons (Fsp3) is 0.333. The van der Waals surface area contributed by atoms with Gasteiger partial charge in [-0.1, -0.05) is 0 Å². The number of aromatic nitrogens is 1. The number of nitrogens with zero attached hydrogens (tertiary/aromatic N) is 2. The molecule has 3 nitrogen and oxygen atoms in total. The van der Waals surface area contributed by atoms with Crippen LogP contribution in [-0.2, 0) is 6.42 Å². The first-order valence-corrected chi connectivity index (χ1v) is 5.42. The minimum atomic E-state index is -4.97. The molecule has 1 aromatic heterocycles. The highest BCUT2D eigenvalue weighted by atomic mass is 127. The molecule has 1 heterocycles. The largest absolute Gasteiger partial charge is 0.573 e. The van der Waals surface area contributed by atoms with E-state index < -0.39 is 30.7 Å². The number of ether oxygens (including phenoxy) is 1. The average Bonchev–Trinajstić information content (AvgIpc) is 2.21. The standard InChI is InChI=1S/C9H4F5IN2O/c10-7(11)5-3-4(1-2-16)6(8(15)17-5)18-9(12,13)14/h3,7H,1H2. The summed E-state index contributed by atoms with van der Waals surface area (Å²) in [6, 6.07) is 2.31. The highest BCUT2D eigenvalue weighted by molar-refractivity contribution is 14.1. The first kappa shape index (κ1) is 14.9. The summed E-state index contributed by atoms with van der Waals surface area (Å²) >= 11 is 1.35. The van der Waals surface area contributed by atoms with Crippen LogP contribution >= 0.6 is 22.6 Å². The molecule has 0 fully saturated rings. The highest BCUT2D eigenvalue weighted by Crippen LogP contribution is 2.33. The van der Waals surface area contributed by atoms with Crippen LogP contribution in [0.1, 0.15) is 17.7 Å². The summed E-state index contributed by atoms with van der Waals surface area (Å²) in [5, 5.41) is 8.47. The van der Waals surface area contributed by atoms with Gasteiger partial charge in [-0.3, -0.25) is 0 Å². The number of hydrogen-bond donors (Lipinski definition) is 0. The summed E-state index contributed by atoms with van der Waals surface area (Å²) in [7, 11) is 0. The van der Waals surface area contributed by atoms with Crippen molar-refractivity contribution in [1.82, 2.24) is 4.98 Å². The molecule has 0 amide bonds. The summed E-state index contributed by atoms with van der Waals surface area (Å²) < 4.78 is 64.5. The Morgan fingerprint density at radius 1 is 1.44 bits per heavy atom. The Kier molecular flexibility index (Phi) is 4.66. The van der Waals surface area contributed by atoms with E-state index in [1.54, 1.807) is 6.07 Å². The molecule has 0 aromatic carbocycles. The van der Waals surface area contributed by atoms with Crippen LogP contribution in [0.5, 0.6) is 5.75 Å². The van der Waals surface area contributed by atoms with Gasteiger partial charge >= 0.3 is 6.36 Å². The van der Waals surface area contributed by atoms with Crippen LogP contribution in [0.2, 0.25) is 0 Å². The van der Waals surface area contributed by atoms with Crippen molar-refractivity contribution in [3.63, 3.8) is 0 Å². The Balaban J connectivity index is 3.28. The minimum Gasteiger partial charge on any atom is -0.403 e. The van der Waals surface area contributed by atoms with Gasteiger partial charge < -0.3 is 4.74 Å². The number of hydrogen-bond acceptors (Lipinski definition) is 3. The SMILES string of the molecule is N#CCc1cc(C(F)F)nc(I)c1OC(F)(F)F. The lowest BCUT2D eigenvalue weighted by Crippen LogP contribution is -2.19. The Labute approximate surface area is 112 Å². The molecular weight excluding hydrogens is 374 g/mol. The van der Waals surface area contributed by atoms with Gasteiger partial charge in [0.15, 0.2) is 5.75 Å². The summed E-state index contributed by atoms with van der Waals surface area (Å²) in [5.74, 6) is -0.714. The van der Waals surface area contributed by atoms with Crippen molar-refractivity contribution >= 4 is 22.6 Å². The van der Waals surface area contributed by atoms with Crippen molar-refractivity contribution < 1.29 is 26.7 Å². The van der Waals surface area contributed by atoms with Gasteiger partial charge in [0.05, 0.1) is 12.5 Å². The molecular formula is C9H4F5IN2O. The second-order valence-corrected chi connectivity index (χ2v) is 4.03. The topological polar surface area (TPSA) is 45.9 Å². The predicted molar refractivity (Wildman–Crippen MR) is 57.9 cm³/mol. The van der Waals surface area contributed by atoms with Crippen LogP contribution in [0, 0.1) is 15.0 Å². The zero-order valence-electron chi connectivity index (χ0n) is 8.43. The molecule has 98 valence electrons. The smallest absolute Gasteiger partial charge is 0.403 e. The molecule has 18 heavy (non-hydrogen) atoms. The van der Waals surface area contributed by atoms with Crippen LogP contribution in [0.4, 0.5) is 22.0 Å². The third-order valence-electron chi connectivity index (χ3n) is 1.74. The van der Waals surface area contributed by atoms with E-state index in [1.807, 2.05) is 0 Å². The van der Waals surface area contributed by atoms with E-state index in [-0.39, 0.29) is 9.26 Å². The molecule has 0 bridgehead atoms. The minimum absolute atomic E-state index is 0.274. The fourth-order valence-electron chi connectivity index (χ4n) is 1.12. The van der Waals surface area contributed by atoms with Crippen LogP contribution in [-0.4, -0.2) is 11.3 Å². The molecule has 0 unspecified atom stereocenters. The number of rotatable bonds is 3. The molecule has 0 atom stereocenters. The van der Waals surface area contributed by atoms with Crippen molar-refractivity contribution in [3.05, 3.63) is 21.0 Å². The first-order valence-electron chi connectivity index (χ1n) is 4.34. The van der Waals surface area contributed by atoms with Crippen LogP contribution < -0.4 is 4.74 Å². The van der Waals surface area contributed by atoms with Crippen LogP contribution in [0.25, 0.3) is 0 Å². The quantitative estimate of drug-likeness (QED) is 0.459. The molecule has 9 heteroatoms. The van der Waals surface area contributed by atoms with E-state index in [2.05, 4.69) is 9.72 Å². The molecule has 1 rings (SSSR count). The van der Waals surface area contributed by atoms with Gasteiger partial charge in [-0.15, -0.1) is 13.2 Å². The monoisotopic (exact) mass is 378 g/mol. The third-order valence-corrected chi connectivity index (χ3v) is 2.47. The summed E-state index contributed by atoms with van der Waals surface area (Å²) in [5.41, 5.74) is -0.969. The molecule has 0 radical (unpaired) electrons. The van der Waals surface area contributed by atoms with E-state index >= 15 is 0 Å². The Morgan fingerprint density at radius 3 is 2.50 bits per heavy atom. The predicted octanol–water partition coefficient (Wildman–Crippen LogP) is 3.59. The van der Waals surface area contributed by atoms with Gasteiger partial charge in [0.25, 0.3) is 6.43 Å². The van der Waals surface area contributed by atoms with E-state index in [1.165, 1.54) is 22.6 Å². The van der Waals surface area contributed by atoms with Crippen molar-refractivity contribution in [2.45, 2.75) is 19.2 Å². The van der Waals surface area contributed by atoms with Crippen LogP contribution in [0.3, 0.4) is 0 Å². The normalized spacial score (nSPS) is 11.4. The van der Waals surface area contributed by atoms with Gasteiger partial charge in [-0.2, -0.15) is 5.26 Å². The molecule has 0 saturated heterocycles. The Bertz CT molecular complexity index is 483. The molecule has 0 N–H and O–H groups in total. The highest BCUT2D eigenvalue weighted by Gasteiger charge is 2.34. The maximum absolute atomic E-state index is 12.4. The molecule has 0 saturated carbocycles. The van der Waals surface area contributed by atoms with Gasteiger partial charge in [0, 0.05) is 5.56 Å². The number of alkyl halides is 5. The zero-order chi connectivity index (χ0) is 13.9. The van der Waals surface area contributed by atoms with E-state index in [4.69, 9.17) is 5.26 Å². The lowest BCUT2D eigenvalue weighted by atomic mass is 10.1. The molecule has 0 aliphatic carbocycles. The molecule has 0 aliphatic heterocycles. The van der Waals surface area contributed by atoms with Crippen molar-refractivity contribution in [1.29, 1.82) is 5.26 Å². The summed E-state index contributed by atoms with van der Waals surface area (Å²) in [4.78, 5) is 3.30. The lowest BCUT2D eigenvalue weighted by Gasteiger charge is -2.14. The number of halogens is 6. The van der Waals surface area contributed by atoms with Crippen molar-refractivity contribution in [3.8, 4) is 11.8 Å². The van der Waals surface area contributed by atoms with Crippen molar-refractivity contribution in [2.75, 3.05) is 0 Å². The Morgan fingerprint density at radius 2 is 2.06 bits per heavy atom. The number of pyridine rings is 1. The Hall–Kier alpha value is -1.18. The maximum atomic E-state index is 12.4. The lowest BCUT2D eigenvalue weighted by molar-refractivity contribution is -0.275. The second kappa shape index (κ2) is 5.64. The third kappa shape index (κ3) is 3.94. The van der Waals surface area contributed by atoms with Gasteiger partial charge in [-0.25, -0.2) is 13.8 Å². The van der Waals surface area contributed by atoms with E-state index in [0.717, 1.165) is 6.07 Å². The fourth-order valence-corrected chi connectivity index (χ4v) is 1.86. The average molecular weight is 378 g/mol. The van der Waals surface area contributed by atoms with Gasteiger partial charge in [0.2, 0.25) is 0 Å². The van der Waals surface area contributed by atoms with Gasteiger partial charge in [0.1, 0.15) is 9.39 Å². The maximum Gasteiger partial charge on any atom is 0.573 e. The second-order valence-electron chi connectivity index (χ2n) is 3.01. The zero-order valence-corrected chi connectivity index (χ0v) is 10.6. The molecule has 0 spiro atoms.